The van der Waals surface area contributed by atoms with Gasteiger partial charge in [0, 0.05) is 17.7 Å². The van der Waals surface area contributed by atoms with Gasteiger partial charge in [-0.05, 0) is 24.0 Å². The molecule has 3 N–H and O–H groups in total. The van der Waals surface area contributed by atoms with Crippen molar-refractivity contribution in [2.24, 2.45) is 5.41 Å². The van der Waals surface area contributed by atoms with E-state index < -0.39 is 4.92 Å². The minimum Gasteiger partial charge on any atom is -0.393 e. The van der Waals surface area contributed by atoms with Crippen LogP contribution in [0.3, 0.4) is 0 Å². The number of nitrogen functional groups attached to an aromatic ring is 1. The van der Waals surface area contributed by atoms with Gasteiger partial charge < -0.3 is 11.1 Å². The summed E-state index contributed by atoms with van der Waals surface area (Å²) in [4.78, 5) is 22.0. The zero-order chi connectivity index (χ0) is 13.5. The van der Waals surface area contributed by atoms with Crippen LogP contribution >= 0.6 is 0 Å². The van der Waals surface area contributed by atoms with Crippen molar-refractivity contribution in [1.29, 1.82) is 0 Å². The highest BCUT2D eigenvalue weighted by atomic mass is 16.6. The molecule has 0 spiro atoms. The fourth-order valence-corrected chi connectivity index (χ4v) is 1.80. The Bertz CT molecular complexity index is 525. The van der Waals surface area contributed by atoms with Crippen LogP contribution in [0, 0.1) is 15.5 Å². The van der Waals surface area contributed by atoms with Crippen LogP contribution in [0.4, 0.5) is 11.4 Å². The van der Waals surface area contributed by atoms with E-state index in [0.29, 0.717) is 0 Å². The molecular formula is C12H15N3O3. The van der Waals surface area contributed by atoms with Crippen LogP contribution in [-0.2, 0) is 0 Å². The molecule has 1 aromatic carbocycles. The first-order valence-corrected chi connectivity index (χ1v) is 5.66. The zero-order valence-corrected chi connectivity index (χ0v) is 10.3. The van der Waals surface area contributed by atoms with Gasteiger partial charge in [0.25, 0.3) is 11.6 Å². The number of carbonyl (C=O) groups is 1. The predicted octanol–water partition coefficient (Wildman–Crippen LogP) is 1.71. The first-order valence-electron chi connectivity index (χ1n) is 5.66. The number of nitrogens with zero attached hydrogens (tertiary/aromatic N) is 1. The second kappa shape index (κ2) is 3.97. The summed E-state index contributed by atoms with van der Waals surface area (Å²) in [6.07, 6.45) is 0.926. The topological polar surface area (TPSA) is 98.3 Å². The third kappa shape index (κ3) is 2.27. The molecule has 1 atom stereocenters. The number of nitrogens with one attached hydrogen (secondary N) is 1. The molecule has 1 amide bonds. The maximum Gasteiger partial charge on any atom is 0.292 e. The number of nitrogens with two attached hydrogens (primary N) is 1. The number of amides is 1. The Kier molecular flexibility index (Phi) is 2.73. The van der Waals surface area contributed by atoms with Crippen molar-refractivity contribution in [2.75, 3.05) is 5.73 Å². The Morgan fingerprint density at radius 1 is 1.56 bits per heavy atom. The van der Waals surface area contributed by atoms with Gasteiger partial charge in [0.1, 0.15) is 5.69 Å². The average Bonchev–Trinajstić information content (AvgIpc) is 2.85. The van der Waals surface area contributed by atoms with Gasteiger partial charge in [-0.15, -0.1) is 0 Å². The van der Waals surface area contributed by atoms with Crippen molar-refractivity contribution < 1.29 is 9.72 Å². The number of hydrogen-bond acceptors (Lipinski definition) is 4. The Morgan fingerprint density at radius 2 is 2.17 bits per heavy atom. The maximum atomic E-state index is 11.9. The molecule has 2 rings (SSSR count). The van der Waals surface area contributed by atoms with Gasteiger partial charge in [-0.25, -0.2) is 0 Å². The van der Waals surface area contributed by atoms with Crippen molar-refractivity contribution in [3.05, 3.63) is 33.9 Å². The van der Waals surface area contributed by atoms with Gasteiger partial charge in [-0.3, -0.25) is 14.9 Å². The zero-order valence-electron chi connectivity index (χ0n) is 10.3. The number of hydrogen-bond donors (Lipinski definition) is 2. The lowest BCUT2D eigenvalue weighted by Crippen LogP contribution is -2.28. The molecule has 6 nitrogen and oxygen atoms in total. The molecule has 1 aromatic rings. The Balaban J connectivity index is 2.16. The van der Waals surface area contributed by atoms with Gasteiger partial charge in [0.2, 0.25) is 0 Å². The smallest absolute Gasteiger partial charge is 0.292 e. The second-order valence-electron chi connectivity index (χ2n) is 5.25. The van der Waals surface area contributed by atoms with E-state index in [9.17, 15) is 14.9 Å². The predicted molar refractivity (Wildman–Crippen MR) is 67.2 cm³/mol. The van der Waals surface area contributed by atoms with Crippen LogP contribution in [0.2, 0.25) is 0 Å². The Hall–Kier alpha value is -2.11. The van der Waals surface area contributed by atoms with E-state index in [4.69, 9.17) is 5.73 Å². The molecule has 0 saturated heterocycles. The molecule has 1 fully saturated rings. The molecule has 96 valence electrons. The molecule has 1 aliphatic carbocycles. The number of benzene rings is 1. The second-order valence-corrected chi connectivity index (χ2v) is 5.25. The minimum absolute atomic E-state index is 0.0586. The van der Waals surface area contributed by atoms with Gasteiger partial charge >= 0.3 is 0 Å². The molecule has 0 radical (unpaired) electrons. The summed E-state index contributed by atoms with van der Waals surface area (Å²) in [5, 5.41) is 13.6. The summed E-state index contributed by atoms with van der Waals surface area (Å²) in [6, 6.07) is 4.22. The molecule has 6 heteroatoms. The summed E-state index contributed by atoms with van der Waals surface area (Å²) in [5.74, 6) is -0.298. The lowest BCUT2D eigenvalue weighted by Gasteiger charge is -2.07. The molecule has 1 unspecified atom stereocenters. The van der Waals surface area contributed by atoms with Crippen LogP contribution < -0.4 is 11.1 Å². The monoisotopic (exact) mass is 249 g/mol. The highest BCUT2D eigenvalue weighted by molar-refractivity contribution is 5.96. The van der Waals surface area contributed by atoms with Crippen molar-refractivity contribution >= 4 is 17.3 Å². The average molecular weight is 249 g/mol. The third-order valence-corrected chi connectivity index (χ3v) is 3.31. The lowest BCUT2D eigenvalue weighted by atomic mass is 10.1. The van der Waals surface area contributed by atoms with Crippen LogP contribution in [0.5, 0.6) is 0 Å². The normalized spacial score (nSPS) is 20.2. The standard InChI is InChI=1S/C12H15N3O3/c1-12(2)6-10(12)14-11(16)7-3-4-8(13)9(5-7)15(17)18/h3-5,10H,6,13H2,1-2H3,(H,14,16). The third-order valence-electron chi connectivity index (χ3n) is 3.31. The van der Waals surface area contributed by atoms with Crippen LogP contribution in [0.25, 0.3) is 0 Å². The fourth-order valence-electron chi connectivity index (χ4n) is 1.80. The maximum absolute atomic E-state index is 11.9. The molecular weight excluding hydrogens is 234 g/mol. The van der Waals surface area contributed by atoms with Gasteiger partial charge in [0.15, 0.2) is 0 Å². The van der Waals surface area contributed by atoms with E-state index in [-0.39, 0.29) is 34.3 Å². The van der Waals surface area contributed by atoms with Crippen molar-refractivity contribution in [2.45, 2.75) is 26.3 Å². The Labute approximate surface area is 104 Å². The van der Waals surface area contributed by atoms with Crippen LogP contribution in [0.15, 0.2) is 18.2 Å². The first kappa shape index (κ1) is 12.3. The minimum atomic E-state index is -0.590. The summed E-state index contributed by atoms with van der Waals surface area (Å²) >= 11 is 0. The highest BCUT2D eigenvalue weighted by Crippen LogP contribution is 2.44. The molecule has 1 aliphatic rings. The molecule has 1 saturated carbocycles. The number of anilines is 1. The summed E-state index contributed by atoms with van der Waals surface area (Å²) in [7, 11) is 0. The number of nitro groups is 1. The quantitative estimate of drug-likeness (QED) is 0.484. The first-order chi connectivity index (χ1) is 8.31. The largest absolute Gasteiger partial charge is 0.393 e. The molecule has 18 heavy (non-hydrogen) atoms. The van der Waals surface area contributed by atoms with E-state index in [1.807, 2.05) is 0 Å². The molecule has 0 aromatic heterocycles. The van der Waals surface area contributed by atoms with E-state index in [2.05, 4.69) is 19.2 Å². The van der Waals surface area contributed by atoms with Gasteiger partial charge in [0.05, 0.1) is 4.92 Å². The van der Waals surface area contributed by atoms with E-state index >= 15 is 0 Å². The highest BCUT2D eigenvalue weighted by Gasteiger charge is 2.46. The van der Waals surface area contributed by atoms with E-state index in [1.54, 1.807) is 0 Å². The molecule has 0 heterocycles. The summed E-state index contributed by atoms with van der Waals surface area (Å²) < 4.78 is 0. The summed E-state index contributed by atoms with van der Waals surface area (Å²) in [5.41, 5.74) is 5.68. The van der Waals surface area contributed by atoms with Crippen molar-refractivity contribution in [3.8, 4) is 0 Å². The van der Waals surface area contributed by atoms with Crippen LogP contribution in [0.1, 0.15) is 30.6 Å². The van der Waals surface area contributed by atoms with Gasteiger partial charge in [-0.2, -0.15) is 0 Å². The molecule has 0 bridgehead atoms. The summed E-state index contributed by atoms with van der Waals surface area (Å²) in [6.45, 7) is 4.12. The SMILES string of the molecule is CC1(C)CC1NC(=O)c1ccc(N)c([N+](=O)[O-])c1. The lowest BCUT2D eigenvalue weighted by molar-refractivity contribution is -0.383. The number of rotatable bonds is 3. The number of nitro benzene ring substituents is 1. The van der Waals surface area contributed by atoms with Gasteiger partial charge in [-0.1, -0.05) is 13.8 Å². The number of carbonyl (C=O) groups excluding carboxylic acids is 1. The van der Waals surface area contributed by atoms with E-state index in [1.165, 1.54) is 18.2 Å². The van der Waals surface area contributed by atoms with E-state index in [0.717, 1.165) is 6.42 Å². The van der Waals surface area contributed by atoms with Crippen molar-refractivity contribution in [3.63, 3.8) is 0 Å². The van der Waals surface area contributed by atoms with Crippen molar-refractivity contribution in [1.82, 2.24) is 5.32 Å². The Morgan fingerprint density at radius 3 is 2.67 bits per heavy atom. The van der Waals surface area contributed by atoms with Crippen LogP contribution in [-0.4, -0.2) is 16.9 Å². The molecule has 0 aliphatic heterocycles. The fraction of sp³-hybridized carbons (Fsp3) is 0.417.